The van der Waals surface area contributed by atoms with Crippen molar-refractivity contribution in [2.24, 2.45) is 0 Å². The summed E-state index contributed by atoms with van der Waals surface area (Å²) in [5.41, 5.74) is 2.09. The highest BCUT2D eigenvalue weighted by atomic mass is 32.2. The number of pyridine rings is 1. The number of rotatable bonds is 8. The average molecular weight is 425 g/mol. The van der Waals surface area contributed by atoms with E-state index in [0.717, 1.165) is 33.7 Å². The summed E-state index contributed by atoms with van der Waals surface area (Å²) < 4.78 is 28.1. The number of nitrogens with zero attached hydrogens (tertiary/aromatic N) is 1. The monoisotopic (exact) mass is 424 g/mol. The molecular weight excluding hydrogens is 400 g/mol. The molecule has 2 heterocycles. The second kappa shape index (κ2) is 8.43. The van der Waals surface area contributed by atoms with Crippen molar-refractivity contribution in [1.82, 2.24) is 20.0 Å². The minimum atomic E-state index is -3.61. The summed E-state index contributed by atoms with van der Waals surface area (Å²) in [7, 11) is -3.61. The van der Waals surface area contributed by atoms with Gasteiger partial charge in [0.25, 0.3) is 0 Å². The van der Waals surface area contributed by atoms with Crippen LogP contribution in [0.15, 0.2) is 66.0 Å². The molecule has 2 aromatic carbocycles. The number of sulfonamides is 1. The van der Waals surface area contributed by atoms with Crippen LogP contribution in [0.5, 0.6) is 5.75 Å². The van der Waals surface area contributed by atoms with Crippen molar-refractivity contribution < 1.29 is 13.5 Å². The number of nitrogens with one attached hydrogen (secondary N) is 3. The molecule has 0 spiro atoms. The third-order valence-corrected chi connectivity index (χ3v) is 6.64. The van der Waals surface area contributed by atoms with Gasteiger partial charge in [-0.1, -0.05) is 6.07 Å². The van der Waals surface area contributed by atoms with Crippen LogP contribution in [0.3, 0.4) is 0 Å². The first-order valence-electron chi connectivity index (χ1n) is 9.78. The van der Waals surface area contributed by atoms with Crippen molar-refractivity contribution >= 4 is 31.7 Å². The first kappa shape index (κ1) is 20.3. The number of phenolic OH excluding ortho intramolecular Hbond substituents is 1. The Morgan fingerprint density at radius 2 is 2.00 bits per heavy atom. The van der Waals surface area contributed by atoms with E-state index in [2.05, 4.69) is 20.0 Å². The number of fused-ring (bicyclic) bond motifs is 2. The molecule has 0 aliphatic heterocycles. The molecule has 0 bridgehead atoms. The van der Waals surface area contributed by atoms with E-state index in [0.29, 0.717) is 13.1 Å². The predicted octanol–water partition coefficient (Wildman–Crippen LogP) is 2.92. The second-order valence-corrected chi connectivity index (χ2v) is 9.12. The van der Waals surface area contributed by atoms with Gasteiger partial charge in [0.1, 0.15) is 5.75 Å². The van der Waals surface area contributed by atoms with Gasteiger partial charge in [-0.2, -0.15) is 0 Å². The highest BCUT2D eigenvalue weighted by Crippen LogP contribution is 2.23. The molecule has 0 aliphatic carbocycles. The highest BCUT2D eigenvalue weighted by molar-refractivity contribution is 7.89. The van der Waals surface area contributed by atoms with Crippen molar-refractivity contribution in [1.29, 1.82) is 0 Å². The van der Waals surface area contributed by atoms with Gasteiger partial charge in [0, 0.05) is 47.5 Å². The van der Waals surface area contributed by atoms with Crippen LogP contribution in [0, 0.1) is 0 Å². The standard InChI is InChI=1S/C22H24N4O3S/c1-15(12-23-9-7-18-14-25-22-5-3-19(27)11-21(18)22)26-30(28,29)20-4-2-17-13-24-8-6-16(17)10-20/h2-6,8,10-11,13-15,23,25-27H,7,9,12H2,1H3/t15-/m1/s1. The van der Waals surface area contributed by atoms with Gasteiger partial charge >= 0.3 is 0 Å². The molecule has 0 radical (unpaired) electrons. The van der Waals surface area contributed by atoms with Crippen molar-refractivity contribution in [2.45, 2.75) is 24.3 Å². The maximum absolute atomic E-state index is 12.7. The minimum Gasteiger partial charge on any atom is -0.508 e. The van der Waals surface area contributed by atoms with Gasteiger partial charge in [-0.05, 0) is 67.2 Å². The van der Waals surface area contributed by atoms with Crippen LogP contribution in [0.1, 0.15) is 12.5 Å². The number of phenols is 1. The fraction of sp³-hybridized carbons (Fsp3) is 0.227. The van der Waals surface area contributed by atoms with E-state index in [1.54, 1.807) is 48.8 Å². The van der Waals surface area contributed by atoms with Crippen LogP contribution in [0.4, 0.5) is 0 Å². The third-order valence-electron chi connectivity index (χ3n) is 5.05. The molecule has 7 nitrogen and oxygen atoms in total. The first-order chi connectivity index (χ1) is 14.4. The summed E-state index contributed by atoms with van der Waals surface area (Å²) in [4.78, 5) is 7.48. The van der Waals surface area contributed by atoms with Crippen molar-refractivity contribution in [3.63, 3.8) is 0 Å². The Hall–Kier alpha value is -2.94. The fourth-order valence-electron chi connectivity index (χ4n) is 3.52. The fourth-order valence-corrected chi connectivity index (χ4v) is 4.80. The van der Waals surface area contributed by atoms with Gasteiger partial charge in [-0.15, -0.1) is 0 Å². The van der Waals surface area contributed by atoms with Gasteiger partial charge in [-0.3, -0.25) is 4.98 Å². The van der Waals surface area contributed by atoms with E-state index in [4.69, 9.17) is 0 Å². The van der Waals surface area contributed by atoms with Gasteiger partial charge in [0.15, 0.2) is 0 Å². The molecule has 0 fully saturated rings. The van der Waals surface area contributed by atoms with Gasteiger partial charge < -0.3 is 15.4 Å². The third kappa shape index (κ3) is 4.46. The Balaban J connectivity index is 1.32. The lowest BCUT2D eigenvalue weighted by atomic mass is 10.1. The van der Waals surface area contributed by atoms with E-state index in [9.17, 15) is 13.5 Å². The van der Waals surface area contributed by atoms with Crippen molar-refractivity contribution in [3.8, 4) is 5.75 Å². The van der Waals surface area contributed by atoms with Gasteiger partial charge in [0.05, 0.1) is 4.90 Å². The van der Waals surface area contributed by atoms with Crippen molar-refractivity contribution in [2.75, 3.05) is 13.1 Å². The van der Waals surface area contributed by atoms with Crippen LogP contribution in [-0.4, -0.2) is 42.6 Å². The van der Waals surface area contributed by atoms with E-state index >= 15 is 0 Å². The molecule has 0 amide bonds. The van der Waals surface area contributed by atoms with Crippen LogP contribution < -0.4 is 10.0 Å². The lowest BCUT2D eigenvalue weighted by molar-refractivity contribution is 0.476. The number of aromatic hydroxyl groups is 1. The van der Waals surface area contributed by atoms with Crippen LogP contribution in [0.2, 0.25) is 0 Å². The van der Waals surface area contributed by atoms with Crippen LogP contribution in [0.25, 0.3) is 21.7 Å². The van der Waals surface area contributed by atoms with Crippen LogP contribution >= 0.6 is 0 Å². The lowest BCUT2D eigenvalue weighted by Gasteiger charge is -2.15. The Kier molecular flexibility index (Phi) is 5.72. The van der Waals surface area contributed by atoms with Gasteiger partial charge in [-0.25, -0.2) is 13.1 Å². The first-order valence-corrected chi connectivity index (χ1v) is 11.3. The molecular formula is C22H24N4O3S. The molecule has 4 N–H and O–H groups in total. The molecule has 2 aromatic heterocycles. The molecule has 0 saturated heterocycles. The molecule has 0 aliphatic rings. The zero-order chi connectivity index (χ0) is 21.1. The number of hydrogen-bond donors (Lipinski definition) is 4. The normalized spacial score (nSPS) is 13.1. The zero-order valence-corrected chi connectivity index (χ0v) is 17.4. The number of hydrogen-bond acceptors (Lipinski definition) is 5. The van der Waals surface area contributed by atoms with Crippen LogP contribution in [-0.2, 0) is 16.4 Å². The maximum atomic E-state index is 12.7. The van der Waals surface area contributed by atoms with Crippen molar-refractivity contribution in [3.05, 3.63) is 66.6 Å². The average Bonchev–Trinajstić information content (AvgIpc) is 3.12. The number of aromatic amines is 1. The Labute approximate surface area is 175 Å². The SMILES string of the molecule is C[C@H](CNCCc1c[nH]c2ccc(O)cc12)NS(=O)(=O)c1ccc2cnccc2c1. The lowest BCUT2D eigenvalue weighted by Crippen LogP contribution is -2.40. The van der Waals surface area contributed by atoms with Gasteiger partial charge in [0.2, 0.25) is 10.0 Å². The molecule has 8 heteroatoms. The number of H-pyrrole nitrogens is 1. The topological polar surface area (TPSA) is 107 Å². The Morgan fingerprint density at radius 3 is 2.87 bits per heavy atom. The Bertz CT molecular complexity index is 1280. The second-order valence-electron chi connectivity index (χ2n) is 7.40. The summed E-state index contributed by atoms with van der Waals surface area (Å²) in [6, 6.07) is 11.8. The van der Waals surface area contributed by atoms with E-state index in [1.165, 1.54) is 0 Å². The largest absolute Gasteiger partial charge is 0.508 e. The van der Waals surface area contributed by atoms with E-state index in [-0.39, 0.29) is 16.7 Å². The number of benzene rings is 2. The van der Waals surface area contributed by atoms with E-state index in [1.807, 2.05) is 19.2 Å². The quantitative estimate of drug-likeness (QED) is 0.325. The molecule has 1 atom stereocenters. The summed E-state index contributed by atoms with van der Waals surface area (Å²) in [6.07, 6.45) is 6.06. The number of aromatic nitrogens is 2. The maximum Gasteiger partial charge on any atom is 0.240 e. The summed E-state index contributed by atoms with van der Waals surface area (Å²) in [5, 5.41) is 15.7. The summed E-state index contributed by atoms with van der Waals surface area (Å²) in [6.45, 7) is 3.03. The highest BCUT2D eigenvalue weighted by Gasteiger charge is 2.17. The molecule has 30 heavy (non-hydrogen) atoms. The zero-order valence-electron chi connectivity index (χ0n) is 16.6. The Morgan fingerprint density at radius 1 is 1.13 bits per heavy atom. The smallest absolute Gasteiger partial charge is 0.240 e. The molecule has 4 rings (SSSR count). The summed E-state index contributed by atoms with van der Waals surface area (Å²) >= 11 is 0. The van der Waals surface area contributed by atoms with E-state index < -0.39 is 10.0 Å². The predicted molar refractivity (Wildman–Crippen MR) is 118 cm³/mol. The molecule has 4 aromatic rings. The molecule has 0 saturated carbocycles. The summed E-state index contributed by atoms with van der Waals surface area (Å²) in [5.74, 6) is 0.240. The minimum absolute atomic E-state index is 0.240. The molecule has 0 unspecified atom stereocenters. The molecule has 156 valence electrons.